The van der Waals surface area contributed by atoms with Crippen molar-refractivity contribution in [3.05, 3.63) is 170 Å². The second kappa shape index (κ2) is 11.2. The van der Waals surface area contributed by atoms with Crippen LogP contribution in [0.5, 0.6) is 0 Å². The first-order valence-electron chi connectivity index (χ1n) is 17.4. The Bertz CT molecular complexity index is 3100. The van der Waals surface area contributed by atoms with Crippen molar-refractivity contribution < 1.29 is 4.42 Å². The van der Waals surface area contributed by atoms with Gasteiger partial charge in [-0.05, 0) is 69.1 Å². The van der Waals surface area contributed by atoms with Gasteiger partial charge in [-0.1, -0.05) is 133 Å². The summed E-state index contributed by atoms with van der Waals surface area (Å²) in [5.41, 5.74) is 7.77. The number of hydrogen-bond acceptors (Lipinski definition) is 4. The molecule has 242 valence electrons. The van der Waals surface area contributed by atoms with Crippen molar-refractivity contribution in [2.45, 2.75) is 0 Å². The molecule has 0 aliphatic carbocycles. The van der Waals surface area contributed by atoms with Gasteiger partial charge in [-0.2, -0.15) is 9.97 Å². The molecule has 0 aliphatic rings. The van der Waals surface area contributed by atoms with Gasteiger partial charge in [0.15, 0.2) is 11.6 Å². The number of rotatable bonds is 4. The number of benzene rings is 8. The number of nitrogens with zero attached hydrogens (tertiary/aromatic N) is 4. The highest BCUT2D eigenvalue weighted by molar-refractivity contribution is 6.24. The first-order valence-corrected chi connectivity index (χ1v) is 17.4. The van der Waals surface area contributed by atoms with Crippen LogP contribution in [0, 0.1) is 0 Å². The number of fused-ring (bicyclic) bond motifs is 9. The Labute approximate surface area is 298 Å². The highest BCUT2D eigenvalue weighted by Crippen LogP contribution is 2.41. The van der Waals surface area contributed by atoms with Gasteiger partial charge < -0.3 is 4.42 Å². The van der Waals surface area contributed by atoms with E-state index in [9.17, 15) is 0 Å². The van der Waals surface area contributed by atoms with Gasteiger partial charge >= 0.3 is 0 Å². The number of furan rings is 1. The molecule has 0 saturated heterocycles. The maximum absolute atomic E-state index is 6.64. The number of hydrogen-bond donors (Lipinski definition) is 0. The highest BCUT2D eigenvalue weighted by atomic mass is 16.3. The third-order valence-electron chi connectivity index (χ3n) is 10.2. The normalized spacial score (nSPS) is 11.8. The topological polar surface area (TPSA) is 56.7 Å². The van der Waals surface area contributed by atoms with Crippen molar-refractivity contribution in [2.75, 3.05) is 0 Å². The monoisotopic (exact) mass is 664 g/mol. The molecule has 0 aliphatic heterocycles. The molecule has 0 radical (unpaired) electrons. The quantitative estimate of drug-likeness (QED) is 0.188. The van der Waals surface area contributed by atoms with E-state index in [2.05, 4.69) is 156 Å². The second-order valence-electron chi connectivity index (χ2n) is 13.3. The lowest BCUT2D eigenvalue weighted by Gasteiger charge is -2.12. The van der Waals surface area contributed by atoms with Gasteiger partial charge in [-0.25, -0.2) is 4.98 Å². The average Bonchev–Trinajstić information content (AvgIpc) is 3.76. The Morgan fingerprint density at radius 1 is 0.385 bits per heavy atom. The number of para-hydroxylation sites is 1. The zero-order chi connectivity index (χ0) is 34.2. The predicted octanol–water partition coefficient (Wildman–Crippen LogP) is 12.2. The summed E-state index contributed by atoms with van der Waals surface area (Å²) in [5, 5.41) is 8.87. The summed E-state index contributed by atoms with van der Waals surface area (Å²) < 4.78 is 8.82. The summed E-state index contributed by atoms with van der Waals surface area (Å²) in [4.78, 5) is 15.7. The van der Waals surface area contributed by atoms with Crippen LogP contribution >= 0.6 is 0 Å². The minimum atomic E-state index is 0.544. The van der Waals surface area contributed by atoms with Crippen LogP contribution in [0.2, 0.25) is 0 Å². The van der Waals surface area contributed by atoms with E-state index in [1.54, 1.807) is 0 Å². The van der Waals surface area contributed by atoms with E-state index in [4.69, 9.17) is 19.4 Å². The van der Waals surface area contributed by atoms with Crippen molar-refractivity contribution in [1.82, 2.24) is 19.5 Å². The lowest BCUT2D eigenvalue weighted by Crippen LogP contribution is -2.06. The molecule has 0 N–H and O–H groups in total. The molecule has 0 atom stereocenters. The molecule has 5 heteroatoms. The molecule has 0 unspecified atom stereocenters. The molecular formula is C47H28N4O. The van der Waals surface area contributed by atoms with Crippen LogP contribution in [0.15, 0.2) is 174 Å². The zero-order valence-electron chi connectivity index (χ0n) is 27.9. The van der Waals surface area contributed by atoms with Crippen LogP contribution < -0.4 is 0 Å². The Morgan fingerprint density at radius 2 is 0.981 bits per heavy atom. The molecule has 3 heterocycles. The van der Waals surface area contributed by atoms with Crippen molar-refractivity contribution in [1.29, 1.82) is 0 Å². The van der Waals surface area contributed by atoms with Gasteiger partial charge in [0.25, 0.3) is 0 Å². The molecule has 5 nitrogen and oxygen atoms in total. The Hall–Kier alpha value is -7.11. The van der Waals surface area contributed by atoms with E-state index >= 15 is 0 Å². The highest BCUT2D eigenvalue weighted by Gasteiger charge is 2.22. The van der Waals surface area contributed by atoms with E-state index in [0.29, 0.717) is 17.6 Å². The lowest BCUT2D eigenvalue weighted by molar-refractivity contribution is 0.673. The molecular weight excluding hydrogens is 637 g/mol. The Morgan fingerprint density at radius 3 is 1.69 bits per heavy atom. The molecule has 0 saturated carbocycles. The first kappa shape index (κ1) is 28.7. The van der Waals surface area contributed by atoms with Gasteiger partial charge in [-0.15, -0.1) is 0 Å². The molecule has 0 spiro atoms. The zero-order valence-corrected chi connectivity index (χ0v) is 27.9. The standard InChI is InChI=1S/C47H28N4O/c1-2-10-29(11-3-1)34-22-23-39-41(28-34)51(40-25-24-38-37-16-8-9-17-42(37)52-44(38)43(39)40)47-49-45(35-20-18-30-12-4-6-14-32(30)26-35)48-46(50-47)36-21-19-31-13-5-7-15-33(31)27-36/h1-28H. The minimum Gasteiger partial charge on any atom is -0.455 e. The SMILES string of the molecule is c1ccc(-c2ccc3c4c5oc6ccccc6c5ccc4n(-c4nc(-c5ccc6ccccc6c5)nc(-c5ccc6ccccc6c5)n4)c3c2)cc1. The predicted molar refractivity (Wildman–Crippen MR) is 213 cm³/mol. The van der Waals surface area contributed by atoms with Crippen LogP contribution in [0.4, 0.5) is 0 Å². The van der Waals surface area contributed by atoms with Crippen LogP contribution in [0.1, 0.15) is 0 Å². The minimum absolute atomic E-state index is 0.544. The van der Waals surface area contributed by atoms with Gasteiger partial charge in [-0.3, -0.25) is 4.57 Å². The van der Waals surface area contributed by atoms with Gasteiger partial charge in [0.1, 0.15) is 11.2 Å². The second-order valence-corrected chi connectivity index (χ2v) is 13.3. The molecule has 11 aromatic rings. The largest absolute Gasteiger partial charge is 0.455 e. The fourth-order valence-electron chi connectivity index (χ4n) is 7.69. The summed E-state index contributed by atoms with van der Waals surface area (Å²) in [6.07, 6.45) is 0. The molecule has 52 heavy (non-hydrogen) atoms. The third-order valence-corrected chi connectivity index (χ3v) is 10.2. The smallest absolute Gasteiger partial charge is 0.238 e. The fourth-order valence-corrected chi connectivity index (χ4v) is 7.69. The van der Waals surface area contributed by atoms with Crippen molar-refractivity contribution >= 4 is 65.3 Å². The van der Waals surface area contributed by atoms with Crippen LogP contribution in [-0.2, 0) is 0 Å². The molecule has 0 bridgehead atoms. The first-order chi connectivity index (χ1) is 25.7. The third kappa shape index (κ3) is 4.46. The number of aromatic nitrogens is 4. The summed E-state index contributed by atoms with van der Waals surface area (Å²) in [6, 6.07) is 59.2. The lowest BCUT2D eigenvalue weighted by atomic mass is 10.0. The maximum Gasteiger partial charge on any atom is 0.238 e. The van der Waals surface area contributed by atoms with Crippen molar-refractivity contribution in [3.63, 3.8) is 0 Å². The van der Waals surface area contributed by atoms with E-state index in [-0.39, 0.29) is 0 Å². The van der Waals surface area contributed by atoms with E-state index in [1.165, 1.54) is 10.8 Å². The summed E-state index contributed by atoms with van der Waals surface area (Å²) in [5.74, 6) is 1.76. The average molecular weight is 665 g/mol. The molecule has 8 aromatic carbocycles. The maximum atomic E-state index is 6.64. The van der Waals surface area contributed by atoms with Crippen LogP contribution in [0.25, 0.3) is 105 Å². The van der Waals surface area contributed by atoms with Gasteiger partial charge in [0, 0.05) is 27.3 Å². The van der Waals surface area contributed by atoms with Crippen molar-refractivity contribution in [3.8, 4) is 39.9 Å². The van der Waals surface area contributed by atoms with E-state index < -0.39 is 0 Å². The molecule has 0 amide bonds. The van der Waals surface area contributed by atoms with Crippen LogP contribution in [-0.4, -0.2) is 19.5 Å². The summed E-state index contributed by atoms with van der Waals surface area (Å²) in [6.45, 7) is 0. The Kier molecular flexibility index (Phi) is 6.18. The summed E-state index contributed by atoms with van der Waals surface area (Å²) in [7, 11) is 0. The Balaban J connectivity index is 1.24. The van der Waals surface area contributed by atoms with E-state index in [1.807, 2.05) is 18.2 Å². The van der Waals surface area contributed by atoms with E-state index in [0.717, 1.165) is 76.8 Å². The van der Waals surface area contributed by atoms with Crippen LogP contribution in [0.3, 0.4) is 0 Å². The van der Waals surface area contributed by atoms with Crippen molar-refractivity contribution in [2.24, 2.45) is 0 Å². The summed E-state index contributed by atoms with van der Waals surface area (Å²) >= 11 is 0. The fraction of sp³-hybridized carbons (Fsp3) is 0. The van der Waals surface area contributed by atoms with Gasteiger partial charge in [0.2, 0.25) is 5.95 Å². The van der Waals surface area contributed by atoms with Gasteiger partial charge in [0.05, 0.1) is 16.4 Å². The molecule has 3 aromatic heterocycles. The molecule has 11 rings (SSSR count). The molecule has 0 fully saturated rings.